The molecule has 0 saturated carbocycles. The fourth-order valence-corrected chi connectivity index (χ4v) is 2.65. The molecule has 0 radical (unpaired) electrons. The number of para-hydroxylation sites is 2. The molecule has 0 unspecified atom stereocenters. The molecule has 0 fully saturated rings. The number of rotatable bonds is 5. The molecule has 2 heterocycles. The predicted molar refractivity (Wildman–Crippen MR) is 79.8 cm³/mol. The summed E-state index contributed by atoms with van der Waals surface area (Å²) in [5.74, 6) is 0.310. The Bertz CT molecular complexity index is 705. The number of oxazole rings is 1. The van der Waals surface area contributed by atoms with Gasteiger partial charge in [0.15, 0.2) is 5.58 Å². The minimum atomic E-state index is 0.0171. The van der Waals surface area contributed by atoms with Crippen molar-refractivity contribution in [1.29, 1.82) is 0 Å². The first-order chi connectivity index (χ1) is 10.2. The Balaban J connectivity index is 1.57. The smallest absolute Gasteiger partial charge is 0.257 e. The van der Waals surface area contributed by atoms with E-state index in [-0.39, 0.29) is 5.91 Å². The van der Waals surface area contributed by atoms with Gasteiger partial charge in [0.25, 0.3) is 5.22 Å². The van der Waals surface area contributed by atoms with Crippen LogP contribution in [0, 0.1) is 0 Å². The summed E-state index contributed by atoms with van der Waals surface area (Å²) in [5, 5.41) is 7.10. The summed E-state index contributed by atoms with van der Waals surface area (Å²) in [4.78, 5) is 18.0. The maximum Gasteiger partial charge on any atom is 0.257 e. The average molecular weight is 302 g/mol. The first-order valence-electron chi connectivity index (χ1n) is 6.42. The molecule has 7 heteroatoms. The Morgan fingerprint density at radius 2 is 2.29 bits per heavy atom. The third-order valence-electron chi connectivity index (χ3n) is 2.99. The van der Waals surface area contributed by atoms with Gasteiger partial charge >= 0.3 is 0 Å². The van der Waals surface area contributed by atoms with Crippen molar-refractivity contribution in [2.24, 2.45) is 0 Å². The zero-order chi connectivity index (χ0) is 14.7. The summed E-state index contributed by atoms with van der Waals surface area (Å²) in [6, 6.07) is 7.55. The minimum absolute atomic E-state index is 0.0171. The summed E-state index contributed by atoms with van der Waals surface area (Å²) < 4.78 is 5.57. The number of hydrogen-bond acceptors (Lipinski definition) is 5. The van der Waals surface area contributed by atoms with Crippen molar-refractivity contribution in [2.75, 3.05) is 12.8 Å². The SMILES string of the molecule is CN(Cc1cn[nH]c1)C(=O)CSc1nc2ccccc2o1. The van der Waals surface area contributed by atoms with Gasteiger partial charge in [0.2, 0.25) is 5.91 Å². The quantitative estimate of drug-likeness (QED) is 0.732. The third-order valence-corrected chi connectivity index (χ3v) is 3.81. The molecule has 1 aromatic carbocycles. The van der Waals surface area contributed by atoms with Gasteiger partial charge in [0.05, 0.1) is 11.9 Å². The van der Waals surface area contributed by atoms with E-state index in [1.807, 2.05) is 24.3 Å². The Labute approximate surface area is 125 Å². The van der Waals surface area contributed by atoms with Crippen LogP contribution in [0.4, 0.5) is 0 Å². The second-order valence-corrected chi connectivity index (χ2v) is 5.52. The van der Waals surface area contributed by atoms with Gasteiger partial charge in [0.1, 0.15) is 5.52 Å². The summed E-state index contributed by atoms with van der Waals surface area (Å²) in [6.07, 6.45) is 3.48. The maximum absolute atomic E-state index is 12.1. The molecule has 0 atom stereocenters. The van der Waals surface area contributed by atoms with Gasteiger partial charge in [-0.05, 0) is 12.1 Å². The number of hydrogen-bond donors (Lipinski definition) is 1. The molecule has 0 aliphatic heterocycles. The molecule has 1 N–H and O–H groups in total. The number of carbonyl (C=O) groups excluding carboxylic acids is 1. The van der Waals surface area contributed by atoms with Crippen molar-refractivity contribution in [3.05, 3.63) is 42.2 Å². The van der Waals surface area contributed by atoms with Gasteiger partial charge in [0, 0.05) is 25.4 Å². The van der Waals surface area contributed by atoms with Crippen LogP contribution in [0.3, 0.4) is 0 Å². The highest BCUT2D eigenvalue weighted by Gasteiger charge is 2.13. The van der Waals surface area contributed by atoms with E-state index in [4.69, 9.17) is 4.42 Å². The van der Waals surface area contributed by atoms with E-state index in [0.717, 1.165) is 16.7 Å². The molecule has 6 nitrogen and oxygen atoms in total. The molecule has 0 spiro atoms. The van der Waals surface area contributed by atoms with Crippen LogP contribution in [0.25, 0.3) is 11.1 Å². The lowest BCUT2D eigenvalue weighted by atomic mass is 10.3. The Morgan fingerprint density at radius 3 is 3.05 bits per heavy atom. The number of nitrogens with one attached hydrogen (secondary N) is 1. The van der Waals surface area contributed by atoms with E-state index >= 15 is 0 Å². The number of carbonyl (C=O) groups is 1. The van der Waals surface area contributed by atoms with Gasteiger partial charge in [-0.15, -0.1) is 0 Å². The number of fused-ring (bicyclic) bond motifs is 1. The summed E-state index contributed by atoms with van der Waals surface area (Å²) in [5.41, 5.74) is 2.51. The Morgan fingerprint density at radius 1 is 1.43 bits per heavy atom. The molecule has 3 aromatic rings. The number of benzene rings is 1. The van der Waals surface area contributed by atoms with Crippen molar-refractivity contribution in [3.63, 3.8) is 0 Å². The molecule has 108 valence electrons. The van der Waals surface area contributed by atoms with Crippen LogP contribution in [0.5, 0.6) is 0 Å². The summed E-state index contributed by atoms with van der Waals surface area (Å²) >= 11 is 1.30. The highest BCUT2D eigenvalue weighted by atomic mass is 32.2. The highest BCUT2D eigenvalue weighted by molar-refractivity contribution is 7.99. The van der Waals surface area contributed by atoms with Crippen LogP contribution in [0.2, 0.25) is 0 Å². The molecular formula is C14H14N4O2S. The second kappa shape index (κ2) is 6.01. The lowest BCUT2D eigenvalue weighted by Gasteiger charge is -2.15. The molecule has 0 bridgehead atoms. The molecule has 21 heavy (non-hydrogen) atoms. The van der Waals surface area contributed by atoms with Crippen molar-refractivity contribution < 1.29 is 9.21 Å². The highest BCUT2D eigenvalue weighted by Crippen LogP contribution is 2.23. The van der Waals surface area contributed by atoms with Crippen LogP contribution in [0.1, 0.15) is 5.56 Å². The Kier molecular flexibility index (Phi) is 3.92. The number of aromatic amines is 1. The molecule has 2 aromatic heterocycles. The van der Waals surface area contributed by atoms with Crippen molar-refractivity contribution >= 4 is 28.8 Å². The van der Waals surface area contributed by atoms with Gasteiger partial charge in [-0.2, -0.15) is 5.10 Å². The van der Waals surface area contributed by atoms with Crippen molar-refractivity contribution in [2.45, 2.75) is 11.8 Å². The fourth-order valence-electron chi connectivity index (χ4n) is 1.87. The molecule has 1 amide bonds. The largest absolute Gasteiger partial charge is 0.431 e. The standard InChI is InChI=1S/C14H14N4O2S/c1-18(8-10-6-15-16-7-10)13(19)9-21-14-17-11-4-2-3-5-12(11)20-14/h2-7H,8-9H2,1H3,(H,15,16). The van der Waals surface area contributed by atoms with Gasteiger partial charge in [-0.25, -0.2) is 4.98 Å². The van der Waals surface area contributed by atoms with E-state index in [9.17, 15) is 4.79 Å². The predicted octanol–water partition coefficient (Wildman–Crippen LogP) is 2.30. The van der Waals surface area contributed by atoms with E-state index in [0.29, 0.717) is 17.5 Å². The zero-order valence-electron chi connectivity index (χ0n) is 11.4. The number of H-pyrrole nitrogens is 1. The lowest BCUT2D eigenvalue weighted by Crippen LogP contribution is -2.27. The first-order valence-corrected chi connectivity index (χ1v) is 7.41. The van der Waals surface area contributed by atoms with Crippen LogP contribution in [-0.4, -0.2) is 38.8 Å². The maximum atomic E-state index is 12.1. The van der Waals surface area contributed by atoms with Gasteiger partial charge in [-0.3, -0.25) is 9.89 Å². The summed E-state index contributed by atoms with van der Waals surface area (Å²) in [7, 11) is 1.77. The molecule has 3 rings (SSSR count). The third kappa shape index (κ3) is 3.25. The van der Waals surface area contributed by atoms with Gasteiger partial charge in [-0.1, -0.05) is 23.9 Å². The van der Waals surface area contributed by atoms with E-state index in [1.165, 1.54) is 11.8 Å². The first kappa shape index (κ1) is 13.7. The number of nitrogens with zero attached hydrogens (tertiary/aromatic N) is 3. The van der Waals surface area contributed by atoms with E-state index in [2.05, 4.69) is 15.2 Å². The van der Waals surface area contributed by atoms with Crippen molar-refractivity contribution in [3.8, 4) is 0 Å². The topological polar surface area (TPSA) is 75.0 Å². The Hall–Kier alpha value is -2.28. The molecule has 0 saturated heterocycles. The zero-order valence-corrected chi connectivity index (χ0v) is 12.3. The molecule has 0 aliphatic rings. The molecular weight excluding hydrogens is 288 g/mol. The van der Waals surface area contributed by atoms with Crippen LogP contribution in [0.15, 0.2) is 46.3 Å². The average Bonchev–Trinajstić information content (AvgIpc) is 3.13. The number of amides is 1. The second-order valence-electron chi connectivity index (χ2n) is 4.59. The van der Waals surface area contributed by atoms with E-state index < -0.39 is 0 Å². The fraction of sp³-hybridized carbons (Fsp3) is 0.214. The summed E-state index contributed by atoms with van der Waals surface area (Å²) in [6.45, 7) is 0.531. The number of aromatic nitrogens is 3. The molecule has 0 aliphatic carbocycles. The van der Waals surface area contributed by atoms with E-state index in [1.54, 1.807) is 24.3 Å². The number of thioether (sulfide) groups is 1. The van der Waals surface area contributed by atoms with Crippen LogP contribution in [-0.2, 0) is 11.3 Å². The van der Waals surface area contributed by atoms with Gasteiger partial charge < -0.3 is 9.32 Å². The van der Waals surface area contributed by atoms with Crippen molar-refractivity contribution in [1.82, 2.24) is 20.1 Å². The van der Waals surface area contributed by atoms with Crippen LogP contribution >= 0.6 is 11.8 Å². The lowest BCUT2D eigenvalue weighted by molar-refractivity contribution is -0.127. The normalized spacial score (nSPS) is 10.9. The minimum Gasteiger partial charge on any atom is -0.431 e. The monoisotopic (exact) mass is 302 g/mol. The van der Waals surface area contributed by atoms with Crippen LogP contribution < -0.4 is 0 Å².